The summed E-state index contributed by atoms with van der Waals surface area (Å²) >= 11 is 5.73. The number of halogens is 1. The average molecular weight is 221 g/mol. The van der Waals surface area contributed by atoms with Crippen LogP contribution in [0.2, 0.25) is 5.02 Å². The molecule has 0 radical (unpaired) electrons. The molecule has 1 N–H and O–H groups in total. The van der Waals surface area contributed by atoms with E-state index in [0.717, 1.165) is 0 Å². The number of pyridine rings is 1. The summed E-state index contributed by atoms with van der Waals surface area (Å²) in [6.07, 6.45) is 2.93. The van der Waals surface area contributed by atoms with Crippen LogP contribution in [0.25, 0.3) is 0 Å². The summed E-state index contributed by atoms with van der Waals surface area (Å²) < 4.78 is 24.5. The molecule has 4 nitrogen and oxygen atoms in total. The van der Waals surface area contributed by atoms with E-state index in [1.807, 2.05) is 0 Å². The minimum Gasteiger partial charge on any atom is -0.263 e. The third kappa shape index (κ3) is 2.95. The van der Waals surface area contributed by atoms with E-state index in [0.29, 0.717) is 10.6 Å². The number of aromatic nitrogens is 1. The molecule has 0 aliphatic rings. The van der Waals surface area contributed by atoms with Gasteiger partial charge in [0.1, 0.15) is 0 Å². The smallest absolute Gasteiger partial charge is 0.215 e. The van der Waals surface area contributed by atoms with E-state index < -0.39 is 10.0 Å². The number of hydrogen-bond donors (Lipinski definition) is 1. The Bertz CT molecular complexity index is 391. The van der Waals surface area contributed by atoms with E-state index in [1.165, 1.54) is 19.4 Å². The number of rotatable bonds is 3. The molecule has 1 aromatic rings. The highest BCUT2D eigenvalue weighted by molar-refractivity contribution is 7.88. The Labute approximate surface area is 82.0 Å². The monoisotopic (exact) mass is 220 g/mol. The maximum atomic E-state index is 11.1. The van der Waals surface area contributed by atoms with Gasteiger partial charge in [0, 0.05) is 12.4 Å². The van der Waals surface area contributed by atoms with Gasteiger partial charge in [0.25, 0.3) is 0 Å². The molecule has 1 aromatic heterocycles. The zero-order valence-corrected chi connectivity index (χ0v) is 8.56. The first-order chi connectivity index (χ1) is 6.05. The molecule has 0 unspecified atom stereocenters. The summed E-state index contributed by atoms with van der Waals surface area (Å²) in [7, 11) is -1.89. The van der Waals surface area contributed by atoms with Gasteiger partial charge in [-0.3, -0.25) is 4.98 Å². The summed E-state index contributed by atoms with van der Waals surface area (Å²) in [5.41, 5.74) is 0.547. The van der Waals surface area contributed by atoms with Gasteiger partial charge in [-0.05, 0) is 18.7 Å². The van der Waals surface area contributed by atoms with Gasteiger partial charge < -0.3 is 0 Å². The molecule has 0 aliphatic carbocycles. The zero-order valence-electron chi connectivity index (χ0n) is 6.99. The Kier molecular flexibility index (Phi) is 3.24. The molecule has 0 aliphatic heterocycles. The second-order valence-corrected chi connectivity index (χ2v) is 4.76. The summed E-state index contributed by atoms with van der Waals surface area (Å²) in [5.74, 6) is -0.120. The molecular weight excluding hydrogens is 212 g/mol. The second-order valence-electron chi connectivity index (χ2n) is 2.43. The van der Waals surface area contributed by atoms with Crippen molar-refractivity contribution in [3.05, 3.63) is 29.0 Å². The van der Waals surface area contributed by atoms with E-state index >= 15 is 0 Å². The molecule has 0 aromatic carbocycles. The van der Waals surface area contributed by atoms with Gasteiger partial charge in [-0.2, -0.15) is 0 Å². The lowest BCUT2D eigenvalue weighted by Crippen LogP contribution is -2.20. The lowest BCUT2D eigenvalue weighted by atomic mass is 10.3. The van der Waals surface area contributed by atoms with Crippen molar-refractivity contribution >= 4 is 21.6 Å². The largest absolute Gasteiger partial charge is 0.263 e. The SMILES string of the molecule is CNS(=O)(=O)Cc1ccncc1Cl. The first kappa shape index (κ1) is 10.4. The van der Waals surface area contributed by atoms with Crippen molar-refractivity contribution in [1.82, 2.24) is 9.71 Å². The van der Waals surface area contributed by atoms with Crippen LogP contribution in [0.1, 0.15) is 5.56 Å². The van der Waals surface area contributed by atoms with Crippen LogP contribution in [0.4, 0.5) is 0 Å². The minimum atomic E-state index is -3.26. The third-order valence-corrected chi connectivity index (χ3v) is 3.17. The quantitative estimate of drug-likeness (QED) is 0.819. The van der Waals surface area contributed by atoms with Crippen molar-refractivity contribution in [2.24, 2.45) is 0 Å². The van der Waals surface area contributed by atoms with Crippen LogP contribution in [0, 0.1) is 0 Å². The highest BCUT2D eigenvalue weighted by Gasteiger charge is 2.10. The predicted octanol–water partition coefficient (Wildman–Crippen LogP) is 0.784. The standard InChI is InChI=1S/C7H9ClN2O2S/c1-9-13(11,12)5-6-2-3-10-4-7(6)8/h2-4,9H,5H2,1H3. The highest BCUT2D eigenvalue weighted by Crippen LogP contribution is 2.15. The van der Waals surface area contributed by atoms with Crippen LogP contribution in [-0.4, -0.2) is 20.4 Å². The topological polar surface area (TPSA) is 59.1 Å². The van der Waals surface area contributed by atoms with Crippen LogP contribution in [0.5, 0.6) is 0 Å². The van der Waals surface area contributed by atoms with Crippen molar-refractivity contribution in [2.75, 3.05) is 7.05 Å². The lowest BCUT2D eigenvalue weighted by molar-refractivity contribution is 0.587. The van der Waals surface area contributed by atoms with Crippen LogP contribution < -0.4 is 4.72 Å². The molecule has 0 fully saturated rings. The summed E-state index contributed by atoms with van der Waals surface area (Å²) in [6, 6.07) is 1.58. The molecule has 0 bridgehead atoms. The number of sulfonamides is 1. The molecule has 1 rings (SSSR count). The van der Waals surface area contributed by atoms with Gasteiger partial charge >= 0.3 is 0 Å². The van der Waals surface area contributed by atoms with Gasteiger partial charge in [0.2, 0.25) is 10.0 Å². The van der Waals surface area contributed by atoms with Crippen LogP contribution >= 0.6 is 11.6 Å². The predicted molar refractivity (Wildman–Crippen MR) is 50.9 cm³/mol. The normalized spacial score (nSPS) is 11.5. The van der Waals surface area contributed by atoms with Gasteiger partial charge in [-0.25, -0.2) is 13.1 Å². The van der Waals surface area contributed by atoms with Crippen molar-refractivity contribution in [2.45, 2.75) is 5.75 Å². The van der Waals surface area contributed by atoms with Gasteiger partial charge in [-0.15, -0.1) is 0 Å². The van der Waals surface area contributed by atoms with E-state index in [9.17, 15) is 8.42 Å². The molecule has 1 heterocycles. The van der Waals surface area contributed by atoms with Crippen LogP contribution in [-0.2, 0) is 15.8 Å². The molecule has 0 atom stereocenters. The Hall–Kier alpha value is -0.650. The summed E-state index contributed by atoms with van der Waals surface area (Å²) in [6.45, 7) is 0. The Morgan fingerprint density at radius 2 is 2.31 bits per heavy atom. The van der Waals surface area contributed by atoms with E-state index in [-0.39, 0.29) is 5.75 Å². The first-order valence-electron chi connectivity index (χ1n) is 3.55. The Balaban J connectivity index is 2.93. The fourth-order valence-electron chi connectivity index (χ4n) is 0.798. The molecule has 0 saturated carbocycles. The van der Waals surface area contributed by atoms with E-state index in [1.54, 1.807) is 6.07 Å². The maximum Gasteiger partial charge on any atom is 0.215 e. The minimum absolute atomic E-state index is 0.120. The summed E-state index contributed by atoms with van der Waals surface area (Å²) in [5, 5.41) is 0.362. The lowest BCUT2D eigenvalue weighted by Gasteiger charge is -2.03. The first-order valence-corrected chi connectivity index (χ1v) is 5.58. The van der Waals surface area contributed by atoms with Crippen molar-refractivity contribution in [1.29, 1.82) is 0 Å². The molecule has 6 heteroatoms. The molecule has 13 heavy (non-hydrogen) atoms. The number of nitrogens with zero attached hydrogens (tertiary/aromatic N) is 1. The Morgan fingerprint density at radius 1 is 1.62 bits per heavy atom. The van der Waals surface area contributed by atoms with Gasteiger partial charge in [-0.1, -0.05) is 11.6 Å². The fourth-order valence-corrected chi connectivity index (χ4v) is 1.87. The molecule has 0 amide bonds. The van der Waals surface area contributed by atoms with E-state index in [2.05, 4.69) is 9.71 Å². The van der Waals surface area contributed by atoms with Crippen LogP contribution in [0.15, 0.2) is 18.5 Å². The highest BCUT2D eigenvalue weighted by atomic mass is 35.5. The van der Waals surface area contributed by atoms with Gasteiger partial charge in [0.05, 0.1) is 10.8 Å². The number of hydrogen-bond acceptors (Lipinski definition) is 3. The number of nitrogens with one attached hydrogen (secondary N) is 1. The van der Waals surface area contributed by atoms with Crippen molar-refractivity contribution in [3.8, 4) is 0 Å². The molecule has 72 valence electrons. The van der Waals surface area contributed by atoms with Crippen LogP contribution in [0.3, 0.4) is 0 Å². The molecule has 0 spiro atoms. The summed E-state index contributed by atoms with van der Waals surface area (Å²) in [4.78, 5) is 3.75. The fraction of sp³-hybridized carbons (Fsp3) is 0.286. The molecule has 0 saturated heterocycles. The average Bonchev–Trinajstić information content (AvgIpc) is 2.09. The third-order valence-electron chi connectivity index (χ3n) is 1.51. The Morgan fingerprint density at radius 3 is 2.85 bits per heavy atom. The maximum absolute atomic E-state index is 11.1. The van der Waals surface area contributed by atoms with Crippen molar-refractivity contribution < 1.29 is 8.42 Å². The second kappa shape index (κ2) is 4.04. The molecular formula is C7H9ClN2O2S. The van der Waals surface area contributed by atoms with Gasteiger partial charge in [0.15, 0.2) is 0 Å². The van der Waals surface area contributed by atoms with E-state index in [4.69, 9.17) is 11.6 Å². The zero-order chi connectivity index (χ0) is 9.90. The van der Waals surface area contributed by atoms with Crippen molar-refractivity contribution in [3.63, 3.8) is 0 Å².